The molecular formula is C19H24N8OS. The molecular weight excluding hydrogens is 388 g/mol. The second-order valence-corrected chi connectivity index (χ2v) is 7.90. The fraction of sp³-hybridized carbons (Fsp3) is 0.474. The summed E-state index contributed by atoms with van der Waals surface area (Å²) in [5, 5.41) is 19.8. The Bertz CT molecular complexity index is 1030. The van der Waals surface area contributed by atoms with E-state index < -0.39 is 0 Å². The number of H-pyrrole nitrogens is 1. The minimum absolute atomic E-state index is 0.00295. The van der Waals surface area contributed by atoms with E-state index in [0.717, 1.165) is 24.2 Å². The molecule has 29 heavy (non-hydrogen) atoms. The van der Waals surface area contributed by atoms with Crippen LogP contribution in [-0.2, 0) is 11.3 Å². The number of nitrogens with zero attached hydrogens (tertiary/aromatic N) is 7. The maximum atomic E-state index is 12.7. The summed E-state index contributed by atoms with van der Waals surface area (Å²) in [5.74, 6) is 1.81. The first-order chi connectivity index (χ1) is 14.0. The van der Waals surface area contributed by atoms with Gasteiger partial charge in [0.25, 0.3) is 0 Å². The van der Waals surface area contributed by atoms with Crippen LogP contribution in [0.15, 0.2) is 30.3 Å². The van der Waals surface area contributed by atoms with E-state index in [1.54, 1.807) is 0 Å². The summed E-state index contributed by atoms with van der Waals surface area (Å²) in [7, 11) is 0. The quantitative estimate of drug-likeness (QED) is 0.647. The minimum atomic E-state index is 0.00295. The van der Waals surface area contributed by atoms with Gasteiger partial charge in [0.05, 0.1) is 0 Å². The summed E-state index contributed by atoms with van der Waals surface area (Å²) in [4.78, 5) is 15.9. The lowest BCUT2D eigenvalue weighted by Gasteiger charge is -2.31. The third-order valence-corrected chi connectivity index (χ3v) is 5.51. The molecule has 1 aliphatic heterocycles. The van der Waals surface area contributed by atoms with E-state index in [1.807, 2.05) is 35.2 Å². The highest BCUT2D eigenvalue weighted by Crippen LogP contribution is 2.28. The molecule has 152 valence electrons. The first kappa shape index (κ1) is 19.4. The van der Waals surface area contributed by atoms with Crippen molar-refractivity contribution in [1.82, 2.24) is 39.9 Å². The zero-order valence-corrected chi connectivity index (χ0v) is 17.3. The van der Waals surface area contributed by atoms with Crippen LogP contribution in [-0.4, -0.2) is 58.9 Å². The molecule has 0 atom stereocenters. The molecule has 3 heterocycles. The van der Waals surface area contributed by atoms with Crippen molar-refractivity contribution >= 4 is 18.1 Å². The van der Waals surface area contributed by atoms with E-state index in [4.69, 9.17) is 12.2 Å². The minimum Gasteiger partial charge on any atom is -0.341 e. The van der Waals surface area contributed by atoms with E-state index in [1.165, 1.54) is 4.80 Å². The van der Waals surface area contributed by atoms with Crippen molar-refractivity contribution in [2.24, 2.45) is 0 Å². The van der Waals surface area contributed by atoms with Crippen LogP contribution in [0, 0.1) is 4.77 Å². The summed E-state index contributed by atoms with van der Waals surface area (Å²) in [6.45, 7) is 5.66. The number of aromatic amines is 1. The highest BCUT2D eigenvalue weighted by molar-refractivity contribution is 7.71. The predicted octanol–water partition coefficient (Wildman–Crippen LogP) is 2.58. The van der Waals surface area contributed by atoms with Crippen LogP contribution in [0.25, 0.3) is 11.4 Å². The highest BCUT2D eigenvalue weighted by atomic mass is 32.1. The van der Waals surface area contributed by atoms with Gasteiger partial charge in [-0.05, 0) is 44.1 Å². The Morgan fingerprint density at radius 2 is 1.97 bits per heavy atom. The lowest BCUT2D eigenvalue weighted by molar-refractivity contribution is -0.133. The van der Waals surface area contributed by atoms with Gasteiger partial charge < -0.3 is 9.47 Å². The van der Waals surface area contributed by atoms with Crippen LogP contribution < -0.4 is 0 Å². The Balaban J connectivity index is 1.36. The molecule has 0 radical (unpaired) electrons. The smallest absolute Gasteiger partial charge is 0.246 e. The molecule has 1 aliphatic rings. The number of aromatic nitrogens is 7. The first-order valence-corrected chi connectivity index (χ1v) is 10.2. The third kappa shape index (κ3) is 4.12. The normalized spacial score (nSPS) is 15.2. The molecule has 3 aromatic rings. The van der Waals surface area contributed by atoms with Crippen LogP contribution in [0.3, 0.4) is 0 Å². The summed E-state index contributed by atoms with van der Waals surface area (Å²) in [6.07, 6.45) is 1.72. The highest BCUT2D eigenvalue weighted by Gasteiger charge is 2.28. The number of rotatable bonds is 5. The van der Waals surface area contributed by atoms with Crippen molar-refractivity contribution in [1.29, 1.82) is 0 Å². The van der Waals surface area contributed by atoms with Gasteiger partial charge in [0.2, 0.25) is 11.7 Å². The summed E-state index contributed by atoms with van der Waals surface area (Å²) >= 11 is 5.35. The van der Waals surface area contributed by atoms with Crippen LogP contribution in [0.1, 0.15) is 44.5 Å². The number of hydrogen-bond donors (Lipinski definition) is 1. The second-order valence-electron chi connectivity index (χ2n) is 7.52. The second kappa shape index (κ2) is 8.24. The molecule has 4 rings (SSSR count). The monoisotopic (exact) mass is 412 g/mol. The van der Waals surface area contributed by atoms with Crippen LogP contribution >= 0.6 is 12.2 Å². The predicted molar refractivity (Wildman–Crippen MR) is 110 cm³/mol. The molecule has 1 saturated heterocycles. The SMILES string of the molecule is CC(C)n1c(C2CCN(C(=O)Cn3nnc(-c4ccccc4)n3)CC2)n[nH]c1=S. The Morgan fingerprint density at radius 3 is 2.66 bits per heavy atom. The van der Waals surface area contributed by atoms with Crippen LogP contribution in [0.4, 0.5) is 0 Å². The first-order valence-electron chi connectivity index (χ1n) is 9.80. The number of carbonyl (C=O) groups excluding carboxylic acids is 1. The molecule has 2 aromatic heterocycles. The molecule has 0 aliphatic carbocycles. The van der Waals surface area contributed by atoms with Gasteiger partial charge in [0.1, 0.15) is 12.4 Å². The lowest BCUT2D eigenvalue weighted by atomic mass is 9.95. The van der Waals surface area contributed by atoms with Crippen molar-refractivity contribution < 1.29 is 4.79 Å². The Labute approximate surface area is 173 Å². The Hall–Kier alpha value is -2.88. The van der Waals surface area contributed by atoms with Gasteiger partial charge in [-0.15, -0.1) is 10.2 Å². The van der Waals surface area contributed by atoms with Crippen molar-refractivity contribution in [2.45, 2.75) is 45.2 Å². The average Bonchev–Trinajstić information content (AvgIpc) is 3.35. The number of tetrazole rings is 1. The molecule has 0 saturated carbocycles. The number of nitrogens with one attached hydrogen (secondary N) is 1. The van der Waals surface area contributed by atoms with Crippen LogP contribution in [0.5, 0.6) is 0 Å². The zero-order chi connectivity index (χ0) is 20.4. The topological polar surface area (TPSA) is 97.5 Å². The van der Waals surface area contributed by atoms with Crippen molar-refractivity contribution in [3.05, 3.63) is 40.9 Å². The van der Waals surface area contributed by atoms with Crippen molar-refractivity contribution in [2.75, 3.05) is 13.1 Å². The van der Waals surface area contributed by atoms with Crippen molar-refractivity contribution in [3.8, 4) is 11.4 Å². The van der Waals surface area contributed by atoms with Gasteiger partial charge in [0.15, 0.2) is 4.77 Å². The fourth-order valence-electron chi connectivity index (χ4n) is 3.72. The standard InChI is InChI=1S/C19H24N8OS/c1-13(2)27-18(21-22-19(27)29)15-8-10-25(11-9-15)16(28)12-26-23-17(20-24-26)14-6-4-3-5-7-14/h3-7,13,15H,8-12H2,1-2H3,(H,22,29). The third-order valence-electron chi connectivity index (χ3n) is 5.22. The van der Waals surface area contributed by atoms with Gasteiger partial charge in [0, 0.05) is 30.6 Å². The maximum absolute atomic E-state index is 12.7. The molecule has 1 amide bonds. The van der Waals surface area contributed by atoms with Gasteiger partial charge in [-0.2, -0.15) is 9.90 Å². The molecule has 0 spiro atoms. The van der Waals surface area contributed by atoms with Gasteiger partial charge in [-0.25, -0.2) is 0 Å². The number of benzene rings is 1. The Morgan fingerprint density at radius 1 is 1.24 bits per heavy atom. The number of carbonyl (C=O) groups is 1. The molecule has 1 N–H and O–H groups in total. The lowest BCUT2D eigenvalue weighted by Crippen LogP contribution is -2.40. The molecule has 0 unspecified atom stereocenters. The summed E-state index contributed by atoms with van der Waals surface area (Å²) in [6, 6.07) is 9.86. The number of hydrogen-bond acceptors (Lipinski definition) is 6. The van der Waals surface area contributed by atoms with E-state index in [0.29, 0.717) is 29.6 Å². The van der Waals surface area contributed by atoms with E-state index in [-0.39, 0.29) is 18.5 Å². The molecule has 1 fully saturated rings. The number of piperidine rings is 1. The maximum Gasteiger partial charge on any atom is 0.246 e. The fourth-order valence-corrected chi connectivity index (χ4v) is 4.07. The number of amides is 1. The van der Waals surface area contributed by atoms with E-state index in [9.17, 15) is 4.79 Å². The van der Waals surface area contributed by atoms with Gasteiger partial charge in [-0.1, -0.05) is 30.3 Å². The van der Waals surface area contributed by atoms with E-state index in [2.05, 4.69) is 44.0 Å². The number of likely N-dealkylation sites (tertiary alicyclic amines) is 1. The average molecular weight is 413 g/mol. The Kier molecular flexibility index (Phi) is 5.52. The van der Waals surface area contributed by atoms with Gasteiger partial charge >= 0.3 is 0 Å². The summed E-state index contributed by atoms with van der Waals surface area (Å²) in [5.41, 5.74) is 0.880. The molecule has 1 aromatic carbocycles. The largest absolute Gasteiger partial charge is 0.341 e. The molecule has 9 nitrogen and oxygen atoms in total. The molecule has 0 bridgehead atoms. The van der Waals surface area contributed by atoms with E-state index >= 15 is 0 Å². The summed E-state index contributed by atoms with van der Waals surface area (Å²) < 4.78 is 2.72. The van der Waals surface area contributed by atoms with Crippen molar-refractivity contribution in [3.63, 3.8) is 0 Å². The van der Waals surface area contributed by atoms with Crippen LogP contribution in [0.2, 0.25) is 0 Å². The zero-order valence-electron chi connectivity index (χ0n) is 16.5. The molecule has 10 heteroatoms. The van der Waals surface area contributed by atoms with Gasteiger partial charge in [-0.3, -0.25) is 9.89 Å².